The summed E-state index contributed by atoms with van der Waals surface area (Å²) in [7, 11) is 0. The van der Waals surface area contributed by atoms with Gasteiger partial charge in [-0.15, -0.1) is 11.8 Å². The second-order valence-electron chi connectivity index (χ2n) is 4.98. The van der Waals surface area contributed by atoms with Gasteiger partial charge in [-0.3, -0.25) is 4.79 Å². The van der Waals surface area contributed by atoms with Gasteiger partial charge in [0.2, 0.25) is 5.91 Å². The number of thioether (sulfide) groups is 1. The Morgan fingerprint density at radius 3 is 2.90 bits per heavy atom. The van der Waals surface area contributed by atoms with Crippen molar-refractivity contribution in [1.29, 1.82) is 0 Å². The van der Waals surface area contributed by atoms with Crippen molar-refractivity contribution in [3.8, 4) is 0 Å². The molecule has 2 N–H and O–H groups in total. The number of nitrogens with zero attached hydrogens (tertiary/aromatic N) is 1. The first-order chi connectivity index (χ1) is 9.63. The number of allylic oxidation sites excluding steroid dienone is 2. The molecule has 1 aliphatic rings. The van der Waals surface area contributed by atoms with Gasteiger partial charge in [0.25, 0.3) is 0 Å². The Hall–Kier alpha value is -1.42. The number of carbonyl (C=O) groups is 1. The maximum absolute atomic E-state index is 12.4. The number of hydrogen-bond acceptors (Lipinski definition) is 3. The van der Waals surface area contributed by atoms with E-state index in [-0.39, 0.29) is 5.91 Å². The maximum Gasteiger partial charge on any atom is 0.237 e. The second-order valence-corrected chi connectivity index (χ2v) is 6.00. The summed E-state index contributed by atoms with van der Waals surface area (Å²) >= 11 is 1.57. The fourth-order valence-corrected chi connectivity index (χ4v) is 3.39. The van der Waals surface area contributed by atoms with Crippen LogP contribution in [0.5, 0.6) is 0 Å². The van der Waals surface area contributed by atoms with Crippen LogP contribution in [0.3, 0.4) is 0 Å². The molecule has 0 aliphatic heterocycles. The SMILES string of the molecule is CCN(C(=O)CSc1cccc(N)c1C)C1=CCCC1. The fourth-order valence-electron chi connectivity index (χ4n) is 2.44. The van der Waals surface area contributed by atoms with Crippen LogP contribution in [-0.4, -0.2) is 23.1 Å². The van der Waals surface area contributed by atoms with Gasteiger partial charge in [0.1, 0.15) is 0 Å². The highest BCUT2D eigenvalue weighted by Gasteiger charge is 2.18. The average molecular weight is 290 g/mol. The molecule has 0 spiro atoms. The summed E-state index contributed by atoms with van der Waals surface area (Å²) in [6, 6.07) is 5.85. The molecule has 1 aliphatic carbocycles. The lowest BCUT2D eigenvalue weighted by atomic mass is 10.2. The van der Waals surface area contributed by atoms with E-state index in [9.17, 15) is 4.79 Å². The van der Waals surface area contributed by atoms with E-state index in [1.54, 1.807) is 11.8 Å². The van der Waals surface area contributed by atoms with Crippen LogP contribution in [0.4, 0.5) is 5.69 Å². The predicted octanol–water partition coefficient (Wildman–Crippen LogP) is 3.59. The number of amides is 1. The van der Waals surface area contributed by atoms with Gasteiger partial charge >= 0.3 is 0 Å². The van der Waals surface area contributed by atoms with Crippen molar-refractivity contribution in [2.45, 2.75) is 38.0 Å². The highest BCUT2D eigenvalue weighted by molar-refractivity contribution is 8.00. The molecule has 1 amide bonds. The van der Waals surface area contributed by atoms with Crippen LogP contribution < -0.4 is 5.73 Å². The van der Waals surface area contributed by atoms with Gasteiger partial charge in [-0.2, -0.15) is 0 Å². The third-order valence-electron chi connectivity index (χ3n) is 3.66. The van der Waals surface area contributed by atoms with Gasteiger partial charge in [-0.05, 0) is 50.8 Å². The van der Waals surface area contributed by atoms with Crippen molar-refractivity contribution >= 4 is 23.4 Å². The summed E-state index contributed by atoms with van der Waals surface area (Å²) in [4.78, 5) is 15.4. The Bertz CT molecular complexity index is 525. The van der Waals surface area contributed by atoms with E-state index in [0.717, 1.165) is 35.5 Å². The first-order valence-electron chi connectivity index (χ1n) is 7.10. The monoisotopic (exact) mass is 290 g/mol. The van der Waals surface area contributed by atoms with Crippen molar-refractivity contribution in [3.05, 3.63) is 35.5 Å². The zero-order chi connectivity index (χ0) is 14.5. The first-order valence-corrected chi connectivity index (χ1v) is 8.09. The molecule has 20 heavy (non-hydrogen) atoms. The molecule has 0 heterocycles. The smallest absolute Gasteiger partial charge is 0.237 e. The summed E-state index contributed by atoms with van der Waals surface area (Å²) in [6.07, 6.45) is 5.49. The fraction of sp³-hybridized carbons (Fsp3) is 0.438. The van der Waals surface area contributed by atoms with Gasteiger partial charge < -0.3 is 10.6 Å². The Morgan fingerprint density at radius 1 is 1.45 bits per heavy atom. The number of nitrogens with two attached hydrogens (primary N) is 1. The van der Waals surface area contributed by atoms with Crippen LogP contribution in [0.15, 0.2) is 34.9 Å². The molecule has 2 rings (SSSR count). The van der Waals surface area contributed by atoms with Gasteiger partial charge in [0.15, 0.2) is 0 Å². The van der Waals surface area contributed by atoms with Crippen LogP contribution in [0.1, 0.15) is 31.7 Å². The van der Waals surface area contributed by atoms with E-state index in [2.05, 4.69) is 6.08 Å². The molecule has 1 aromatic rings. The molecule has 0 aromatic heterocycles. The molecule has 0 atom stereocenters. The Balaban J connectivity index is 1.99. The topological polar surface area (TPSA) is 46.3 Å². The standard InChI is InChI=1S/C16H22N2OS/c1-3-18(13-7-4-5-8-13)16(19)11-20-15-10-6-9-14(17)12(15)2/h6-7,9-10H,3-5,8,11,17H2,1-2H3. The number of anilines is 1. The van der Waals surface area contributed by atoms with Crippen LogP contribution in [-0.2, 0) is 4.79 Å². The average Bonchev–Trinajstić information content (AvgIpc) is 2.95. The number of rotatable bonds is 5. The van der Waals surface area contributed by atoms with Gasteiger partial charge in [-0.1, -0.05) is 12.1 Å². The van der Waals surface area contributed by atoms with Crippen molar-refractivity contribution in [2.24, 2.45) is 0 Å². The minimum absolute atomic E-state index is 0.187. The molecule has 0 saturated carbocycles. The highest BCUT2D eigenvalue weighted by atomic mass is 32.2. The molecular formula is C16H22N2OS. The first kappa shape index (κ1) is 15.0. The number of nitrogen functional groups attached to an aromatic ring is 1. The maximum atomic E-state index is 12.4. The summed E-state index contributed by atoms with van der Waals surface area (Å²) in [5.74, 6) is 0.655. The van der Waals surface area contributed by atoms with E-state index >= 15 is 0 Å². The van der Waals surface area contributed by atoms with E-state index < -0.39 is 0 Å². The summed E-state index contributed by atoms with van der Waals surface area (Å²) < 4.78 is 0. The molecule has 0 radical (unpaired) electrons. The zero-order valence-corrected chi connectivity index (χ0v) is 13.0. The minimum Gasteiger partial charge on any atom is -0.398 e. The molecule has 108 valence electrons. The number of benzene rings is 1. The molecule has 0 saturated heterocycles. The lowest BCUT2D eigenvalue weighted by Gasteiger charge is -2.22. The molecule has 4 heteroatoms. The summed E-state index contributed by atoms with van der Waals surface area (Å²) in [6.45, 7) is 4.79. The Kier molecular flexibility index (Phi) is 5.12. The van der Waals surface area contributed by atoms with Crippen LogP contribution in [0.25, 0.3) is 0 Å². The third-order valence-corrected chi connectivity index (χ3v) is 4.80. The zero-order valence-electron chi connectivity index (χ0n) is 12.2. The molecule has 3 nitrogen and oxygen atoms in total. The minimum atomic E-state index is 0.187. The summed E-state index contributed by atoms with van der Waals surface area (Å²) in [5, 5.41) is 0. The lowest BCUT2D eigenvalue weighted by Crippen LogP contribution is -2.31. The van der Waals surface area contributed by atoms with Crippen LogP contribution in [0.2, 0.25) is 0 Å². The predicted molar refractivity (Wildman–Crippen MR) is 85.6 cm³/mol. The third kappa shape index (κ3) is 3.37. The Labute approximate surface area is 125 Å². The van der Waals surface area contributed by atoms with E-state index in [0.29, 0.717) is 5.75 Å². The van der Waals surface area contributed by atoms with E-state index in [1.807, 2.05) is 36.9 Å². The molecular weight excluding hydrogens is 268 g/mol. The van der Waals surface area contributed by atoms with Gasteiger partial charge in [0, 0.05) is 22.8 Å². The second kappa shape index (κ2) is 6.84. The number of hydrogen-bond donors (Lipinski definition) is 1. The normalized spacial score (nSPS) is 14.2. The van der Waals surface area contributed by atoms with Crippen molar-refractivity contribution in [1.82, 2.24) is 4.90 Å². The number of carbonyl (C=O) groups excluding carboxylic acids is 1. The largest absolute Gasteiger partial charge is 0.398 e. The van der Waals surface area contributed by atoms with Crippen molar-refractivity contribution in [3.63, 3.8) is 0 Å². The molecule has 0 unspecified atom stereocenters. The quantitative estimate of drug-likeness (QED) is 0.666. The van der Waals surface area contributed by atoms with Crippen LogP contribution >= 0.6 is 11.8 Å². The van der Waals surface area contributed by atoms with E-state index in [4.69, 9.17) is 5.73 Å². The highest BCUT2D eigenvalue weighted by Crippen LogP contribution is 2.27. The van der Waals surface area contributed by atoms with Crippen molar-refractivity contribution < 1.29 is 4.79 Å². The lowest BCUT2D eigenvalue weighted by molar-refractivity contribution is -0.126. The van der Waals surface area contributed by atoms with Crippen molar-refractivity contribution in [2.75, 3.05) is 18.0 Å². The van der Waals surface area contributed by atoms with Crippen LogP contribution in [0, 0.1) is 6.92 Å². The molecule has 0 bridgehead atoms. The van der Waals surface area contributed by atoms with E-state index in [1.165, 1.54) is 12.1 Å². The summed E-state index contributed by atoms with van der Waals surface area (Å²) in [5.41, 5.74) is 8.94. The molecule has 1 aromatic carbocycles. The Morgan fingerprint density at radius 2 is 2.25 bits per heavy atom. The van der Waals surface area contributed by atoms with Gasteiger partial charge in [-0.25, -0.2) is 0 Å². The van der Waals surface area contributed by atoms with Gasteiger partial charge in [0.05, 0.1) is 5.75 Å². The molecule has 0 fully saturated rings.